The fraction of sp³-hybridized carbons (Fsp3) is 0.222. The SMILES string of the molecule is Cc1cc(NCc2n[nH]c(=O)[nH]2)ncc1Br. The number of anilines is 1. The molecule has 0 aliphatic carbocycles. The van der Waals surface area contributed by atoms with Crippen LogP contribution in [0.15, 0.2) is 21.5 Å². The fourth-order valence-electron chi connectivity index (χ4n) is 1.20. The van der Waals surface area contributed by atoms with Crippen LogP contribution in [0.2, 0.25) is 0 Å². The molecule has 0 fully saturated rings. The maximum Gasteiger partial charge on any atom is 0.340 e. The van der Waals surface area contributed by atoms with Gasteiger partial charge in [0.05, 0.1) is 6.54 Å². The van der Waals surface area contributed by atoms with Gasteiger partial charge in [0.2, 0.25) is 0 Å². The van der Waals surface area contributed by atoms with Crippen molar-refractivity contribution >= 4 is 21.7 Å². The summed E-state index contributed by atoms with van der Waals surface area (Å²) in [6.45, 7) is 2.40. The molecular formula is C9H10BrN5O. The lowest BCUT2D eigenvalue weighted by atomic mass is 10.3. The van der Waals surface area contributed by atoms with Gasteiger partial charge in [-0.3, -0.25) is 4.98 Å². The Hall–Kier alpha value is -1.63. The number of rotatable bonds is 3. The van der Waals surface area contributed by atoms with E-state index >= 15 is 0 Å². The molecule has 0 bridgehead atoms. The van der Waals surface area contributed by atoms with Gasteiger partial charge < -0.3 is 5.32 Å². The first kappa shape index (κ1) is 10.9. The van der Waals surface area contributed by atoms with Gasteiger partial charge in [-0.25, -0.2) is 14.9 Å². The molecular weight excluding hydrogens is 274 g/mol. The third-order valence-electron chi connectivity index (χ3n) is 2.03. The zero-order valence-electron chi connectivity index (χ0n) is 8.54. The van der Waals surface area contributed by atoms with Gasteiger partial charge in [0.1, 0.15) is 11.6 Å². The largest absolute Gasteiger partial charge is 0.363 e. The van der Waals surface area contributed by atoms with Crippen molar-refractivity contribution in [1.82, 2.24) is 20.2 Å². The number of aromatic nitrogens is 4. The molecule has 16 heavy (non-hydrogen) atoms. The van der Waals surface area contributed by atoms with Crippen LogP contribution < -0.4 is 11.0 Å². The number of H-pyrrole nitrogens is 2. The summed E-state index contributed by atoms with van der Waals surface area (Å²) in [6, 6.07) is 1.91. The normalized spacial score (nSPS) is 10.4. The molecule has 0 aromatic carbocycles. The molecule has 2 rings (SSSR count). The Balaban J connectivity index is 2.04. The molecule has 84 valence electrons. The second-order valence-corrected chi connectivity index (χ2v) is 4.15. The number of nitrogens with one attached hydrogen (secondary N) is 3. The second-order valence-electron chi connectivity index (χ2n) is 3.30. The topological polar surface area (TPSA) is 86.5 Å². The zero-order chi connectivity index (χ0) is 11.5. The number of pyridine rings is 1. The molecule has 0 aliphatic heterocycles. The highest BCUT2D eigenvalue weighted by atomic mass is 79.9. The van der Waals surface area contributed by atoms with Crippen molar-refractivity contribution in [2.24, 2.45) is 0 Å². The third kappa shape index (κ3) is 2.48. The summed E-state index contributed by atoms with van der Waals surface area (Å²) in [6.07, 6.45) is 1.73. The first-order valence-corrected chi connectivity index (χ1v) is 5.44. The van der Waals surface area contributed by atoms with Crippen LogP contribution >= 0.6 is 15.9 Å². The molecule has 7 heteroatoms. The fourth-order valence-corrected chi connectivity index (χ4v) is 1.42. The van der Waals surface area contributed by atoms with Crippen molar-refractivity contribution in [1.29, 1.82) is 0 Å². The van der Waals surface area contributed by atoms with Crippen LogP contribution in [0.1, 0.15) is 11.4 Å². The highest BCUT2D eigenvalue weighted by Crippen LogP contribution is 2.17. The van der Waals surface area contributed by atoms with E-state index in [4.69, 9.17) is 0 Å². The number of aryl methyl sites for hydroxylation is 1. The number of hydrogen-bond acceptors (Lipinski definition) is 4. The van der Waals surface area contributed by atoms with Crippen molar-refractivity contribution in [3.05, 3.63) is 38.6 Å². The van der Waals surface area contributed by atoms with E-state index in [0.717, 1.165) is 15.9 Å². The standard InChI is InChI=1S/C9H10BrN5O/c1-5-2-7(11-3-6(5)10)12-4-8-13-9(16)15-14-8/h2-3H,4H2,1H3,(H,11,12)(H2,13,14,15,16). The lowest BCUT2D eigenvalue weighted by Crippen LogP contribution is -2.05. The Labute approximate surface area is 99.6 Å². The monoisotopic (exact) mass is 283 g/mol. The molecule has 2 heterocycles. The van der Waals surface area contributed by atoms with Gasteiger partial charge >= 0.3 is 5.69 Å². The van der Waals surface area contributed by atoms with Crippen LogP contribution in [0, 0.1) is 6.92 Å². The zero-order valence-corrected chi connectivity index (χ0v) is 10.1. The van der Waals surface area contributed by atoms with Crippen molar-refractivity contribution in [2.75, 3.05) is 5.32 Å². The summed E-state index contributed by atoms with van der Waals surface area (Å²) in [5.74, 6) is 1.29. The first-order valence-electron chi connectivity index (χ1n) is 4.65. The first-order chi connectivity index (χ1) is 7.65. The van der Waals surface area contributed by atoms with Crippen molar-refractivity contribution in [2.45, 2.75) is 13.5 Å². The number of hydrogen-bond donors (Lipinski definition) is 3. The predicted octanol–water partition coefficient (Wildman–Crippen LogP) is 1.18. The van der Waals surface area contributed by atoms with Crippen LogP contribution in [0.4, 0.5) is 5.82 Å². The molecule has 0 spiro atoms. The maximum absolute atomic E-state index is 10.8. The van der Waals surface area contributed by atoms with E-state index in [9.17, 15) is 4.79 Å². The van der Waals surface area contributed by atoms with Crippen LogP contribution in [0.25, 0.3) is 0 Å². The Bertz CT molecular complexity index is 547. The van der Waals surface area contributed by atoms with Gasteiger partial charge in [-0.1, -0.05) is 0 Å². The smallest absolute Gasteiger partial charge is 0.340 e. The lowest BCUT2D eigenvalue weighted by molar-refractivity contribution is 0.946. The maximum atomic E-state index is 10.8. The van der Waals surface area contributed by atoms with E-state index < -0.39 is 0 Å². The molecule has 0 aliphatic rings. The molecule has 0 amide bonds. The molecule has 2 aromatic heterocycles. The Morgan fingerprint density at radius 3 is 3.00 bits per heavy atom. The molecule has 0 atom stereocenters. The van der Waals surface area contributed by atoms with E-state index in [1.54, 1.807) is 6.20 Å². The van der Waals surface area contributed by atoms with Crippen LogP contribution in [-0.4, -0.2) is 20.2 Å². The molecule has 0 radical (unpaired) electrons. The van der Waals surface area contributed by atoms with Crippen molar-refractivity contribution in [3.8, 4) is 0 Å². The highest BCUT2D eigenvalue weighted by molar-refractivity contribution is 9.10. The van der Waals surface area contributed by atoms with E-state index in [0.29, 0.717) is 12.4 Å². The number of nitrogens with zero attached hydrogens (tertiary/aromatic N) is 2. The minimum atomic E-state index is -0.309. The van der Waals surface area contributed by atoms with Gasteiger partial charge in [-0.2, -0.15) is 5.10 Å². The molecule has 0 saturated heterocycles. The average Bonchev–Trinajstić information content (AvgIpc) is 2.66. The van der Waals surface area contributed by atoms with Crippen LogP contribution in [0.3, 0.4) is 0 Å². The lowest BCUT2D eigenvalue weighted by Gasteiger charge is -2.04. The molecule has 3 N–H and O–H groups in total. The summed E-state index contributed by atoms with van der Waals surface area (Å²) in [5, 5.41) is 9.13. The quantitative estimate of drug-likeness (QED) is 0.789. The summed E-state index contributed by atoms with van der Waals surface area (Å²) in [5.41, 5.74) is 0.782. The van der Waals surface area contributed by atoms with Crippen LogP contribution in [0.5, 0.6) is 0 Å². The Kier molecular flexibility index (Phi) is 3.04. The van der Waals surface area contributed by atoms with Gasteiger partial charge in [-0.05, 0) is 34.5 Å². The van der Waals surface area contributed by atoms with Gasteiger partial charge in [0.25, 0.3) is 0 Å². The Morgan fingerprint density at radius 1 is 1.56 bits per heavy atom. The van der Waals surface area contributed by atoms with E-state index in [1.807, 2.05) is 13.0 Å². The van der Waals surface area contributed by atoms with Gasteiger partial charge in [0, 0.05) is 10.7 Å². The minimum absolute atomic E-state index is 0.309. The third-order valence-corrected chi connectivity index (χ3v) is 2.86. The average molecular weight is 284 g/mol. The summed E-state index contributed by atoms with van der Waals surface area (Å²) in [4.78, 5) is 17.5. The van der Waals surface area contributed by atoms with Crippen molar-refractivity contribution in [3.63, 3.8) is 0 Å². The minimum Gasteiger partial charge on any atom is -0.363 e. The molecule has 0 unspecified atom stereocenters. The van der Waals surface area contributed by atoms with Gasteiger partial charge in [-0.15, -0.1) is 0 Å². The van der Waals surface area contributed by atoms with Crippen LogP contribution in [-0.2, 0) is 6.54 Å². The highest BCUT2D eigenvalue weighted by Gasteiger charge is 2.00. The second kappa shape index (κ2) is 4.48. The summed E-state index contributed by atoms with van der Waals surface area (Å²) in [7, 11) is 0. The number of aromatic amines is 2. The predicted molar refractivity (Wildman–Crippen MR) is 63.2 cm³/mol. The Morgan fingerprint density at radius 2 is 2.38 bits per heavy atom. The molecule has 2 aromatic rings. The van der Waals surface area contributed by atoms with Crippen molar-refractivity contribution < 1.29 is 0 Å². The molecule has 0 saturated carbocycles. The van der Waals surface area contributed by atoms with Gasteiger partial charge in [0.15, 0.2) is 0 Å². The van der Waals surface area contributed by atoms with E-state index in [1.165, 1.54) is 0 Å². The number of halogens is 1. The summed E-state index contributed by atoms with van der Waals surface area (Å²) < 4.78 is 0.964. The molecule has 6 nitrogen and oxygen atoms in total. The van der Waals surface area contributed by atoms with E-state index in [2.05, 4.69) is 41.4 Å². The summed E-state index contributed by atoms with van der Waals surface area (Å²) >= 11 is 3.37. The van der Waals surface area contributed by atoms with E-state index in [-0.39, 0.29) is 5.69 Å².